The average molecular weight is 257 g/mol. The minimum atomic E-state index is 0.124. The van der Waals surface area contributed by atoms with Crippen LogP contribution < -0.4 is 5.73 Å². The maximum Gasteiger partial charge on any atom is 0.0558 e. The van der Waals surface area contributed by atoms with Crippen molar-refractivity contribution in [2.75, 3.05) is 19.7 Å². The number of benzene rings is 1. The number of aliphatic hydroxyl groups excluding tert-OH is 1. The van der Waals surface area contributed by atoms with E-state index in [2.05, 4.69) is 18.7 Å². The Kier molecular flexibility index (Phi) is 5.92. The molecule has 17 heavy (non-hydrogen) atoms. The molecule has 0 bridgehead atoms. The Morgan fingerprint density at radius 1 is 1.29 bits per heavy atom. The zero-order valence-corrected chi connectivity index (χ0v) is 11.2. The van der Waals surface area contributed by atoms with Crippen LogP contribution in [-0.4, -0.2) is 35.7 Å². The molecule has 0 spiro atoms. The van der Waals surface area contributed by atoms with Gasteiger partial charge in [0.2, 0.25) is 0 Å². The lowest BCUT2D eigenvalue weighted by atomic mass is 10.0. The second-order valence-electron chi connectivity index (χ2n) is 4.36. The van der Waals surface area contributed by atoms with Gasteiger partial charge in [-0.2, -0.15) is 0 Å². The Morgan fingerprint density at radius 2 is 1.88 bits per heavy atom. The summed E-state index contributed by atoms with van der Waals surface area (Å²) < 4.78 is 0. The Morgan fingerprint density at radius 3 is 2.29 bits per heavy atom. The summed E-state index contributed by atoms with van der Waals surface area (Å²) in [5.41, 5.74) is 6.99. The second kappa shape index (κ2) is 6.97. The van der Waals surface area contributed by atoms with Crippen LogP contribution in [-0.2, 0) is 0 Å². The molecule has 1 unspecified atom stereocenters. The normalized spacial score (nSPS) is 13.4. The van der Waals surface area contributed by atoms with Gasteiger partial charge in [-0.3, -0.25) is 4.90 Å². The summed E-state index contributed by atoms with van der Waals surface area (Å²) in [5, 5.41) is 9.84. The minimum absolute atomic E-state index is 0.124. The van der Waals surface area contributed by atoms with Gasteiger partial charge in [0, 0.05) is 30.2 Å². The van der Waals surface area contributed by atoms with Crippen molar-refractivity contribution in [3.63, 3.8) is 0 Å². The van der Waals surface area contributed by atoms with Crippen molar-refractivity contribution in [2.45, 2.75) is 25.9 Å². The maximum absolute atomic E-state index is 9.12. The van der Waals surface area contributed by atoms with Crippen molar-refractivity contribution in [1.82, 2.24) is 4.90 Å². The van der Waals surface area contributed by atoms with E-state index in [9.17, 15) is 0 Å². The number of nitrogens with zero attached hydrogens (tertiary/aromatic N) is 1. The van der Waals surface area contributed by atoms with E-state index < -0.39 is 0 Å². The van der Waals surface area contributed by atoms with Crippen LogP contribution in [0, 0.1) is 0 Å². The maximum atomic E-state index is 9.12. The molecule has 0 amide bonds. The third-order valence-electron chi connectivity index (χ3n) is 2.90. The van der Waals surface area contributed by atoms with Crippen molar-refractivity contribution in [2.24, 2.45) is 5.73 Å². The van der Waals surface area contributed by atoms with Crippen LogP contribution >= 0.6 is 11.6 Å². The van der Waals surface area contributed by atoms with E-state index in [0.717, 1.165) is 10.6 Å². The highest BCUT2D eigenvalue weighted by molar-refractivity contribution is 6.30. The topological polar surface area (TPSA) is 49.5 Å². The van der Waals surface area contributed by atoms with E-state index in [4.69, 9.17) is 22.4 Å². The molecule has 3 nitrogen and oxygen atoms in total. The summed E-state index contributed by atoms with van der Waals surface area (Å²) in [6, 6.07) is 8.19. The monoisotopic (exact) mass is 256 g/mol. The minimum Gasteiger partial charge on any atom is -0.395 e. The molecule has 3 N–H and O–H groups in total. The molecule has 0 aliphatic carbocycles. The molecule has 0 aliphatic rings. The molecule has 1 aromatic carbocycles. The van der Waals surface area contributed by atoms with E-state index in [1.165, 1.54) is 0 Å². The third kappa shape index (κ3) is 3.96. The average Bonchev–Trinajstić information content (AvgIpc) is 2.31. The molecule has 0 saturated heterocycles. The summed E-state index contributed by atoms with van der Waals surface area (Å²) in [6.45, 7) is 5.51. The van der Waals surface area contributed by atoms with Crippen molar-refractivity contribution in [3.05, 3.63) is 34.9 Å². The smallest absolute Gasteiger partial charge is 0.0558 e. The van der Waals surface area contributed by atoms with Crippen molar-refractivity contribution < 1.29 is 5.11 Å². The molecular weight excluding hydrogens is 236 g/mol. The zero-order valence-electron chi connectivity index (χ0n) is 10.4. The van der Waals surface area contributed by atoms with E-state index in [-0.39, 0.29) is 12.6 Å². The Labute approximate surface area is 108 Å². The molecule has 96 valence electrons. The van der Waals surface area contributed by atoms with Gasteiger partial charge in [-0.1, -0.05) is 23.7 Å². The van der Waals surface area contributed by atoms with Gasteiger partial charge in [0.1, 0.15) is 0 Å². The first-order valence-electron chi connectivity index (χ1n) is 5.92. The first kappa shape index (κ1) is 14.5. The summed E-state index contributed by atoms with van der Waals surface area (Å²) in [4.78, 5) is 2.20. The fourth-order valence-electron chi connectivity index (χ4n) is 2.04. The summed E-state index contributed by atoms with van der Waals surface area (Å²) in [6.07, 6.45) is 0. The largest absolute Gasteiger partial charge is 0.395 e. The van der Waals surface area contributed by atoms with Crippen molar-refractivity contribution >= 4 is 11.6 Å². The fraction of sp³-hybridized carbons (Fsp3) is 0.538. The molecule has 1 aromatic rings. The molecule has 0 aliphatic heterocycles. The summed E-state index contributed by atoms with van der Waals surface area (Å²) in [5.74, 6) is 0. The van der Waals surface area contributed by atoms with E-state index >= 15 is 0 Å². The molecule has 0 fully saturated rings. The molecule has 0 saturated carbocycles. The zero-order chi connectivity index (χ0) is 12.8. The summed E-state index contributed by atoms with van der Waals surface area (Å²) in [7, 11) is 0. The van der Waals surface area contributed by atoms with Gasteiger partial charge >= 0.3 is 0 Å². The number of hydrogen-bond acceptors (Lipinski definition) is 3. The molecule has 0 radical (unpaired) electrons. The van der Waals surface area contributed by atoms with E-state index in [1.54, 1.807) is 0 Å². The van der Waals surface area contributed by atoms with Gasteiger partial charge in [0.05, 0.1) is 6.61 Å². The number of hydrogen-bond donors (Lipinski definition) is 2. The van der Waals surface area contributed by atoms with Gasteiger partial charge in [-0.15, -0.1) is 0 Å². The molecule has 0 aromatic heterocycles. The van der Waals surface area contributed by atoms with Gasteiger partial charge in [0.25, 0.3) is 0 Å². The highest BCUT2D eigenvalue weighted by Gasteiger charge is 2.20. The van der Waals surface area contributed by atoms with E-state index in [1.807, 2.05) is 24.3 Å². The van der Waals surface area contributed by atoms with Crippen LogP contribution in [0.15, 0.2) is 24.3 Å². The van der Waals surface area contributed by atoms with Crippen LogP contribution in [0.3, 0.4) is 0 Å². The van der Waals surface area contributed by atoms with Gasteiger partial charge in [-0.25, -0.2) is 0 Å². The number of nitrogens with two attached hydrogens (primary N) is 1. The number of rotatable bonds is 6. The first-order chi connectivity index (χ1) is 8.10. The van der Waals surface area contributed by atoms with Gasteiger partial charge in [0.15, 0.2) is 0 Å². The quantitative estimate of drug-likeness (QED) is 0.819. The third-order valence-corrected chi connectivity index (χ3v) is 3.15. The predicted molar refractivity (Wildman–Crippen MR) is 72.2 cm³/mol. The molecule has 4 heteroatoms. The lowest BCUT2D eigenvalue weighted by Gasteiger charge is -2.34. The number of aliphatic hydroxyl groups is 1. The molecule has 0 heterocycles. The second-order valence-corrected chi connectivity index (χ2v) is 4.79. The lowest BCUT2D eigenvalue weighted by Crippen LogP contribution is -2.40. The van der Waals surface area contributed by atoms with Gasteiger partial charge in [-0.05, 0) is 31.5 Å². The van der Waals surface area contributed by atoms with Crippen LogP contribution in [0.25, 0.3) is 0 Å². The van der Waals surface area contributed by atoms with Crippen molar-refractivity contribution in [1.29, 1.82) is 0 Å². The first-order valence-corrected chi connectivity index (χ1v) is 6.30. The highest BCUT2D eigenvalue weighted by atomic mass is 35.5. The van der Waals surface area contributed by atoms with E-state index in [0.29, 0.717) is 19.1 Å². The Bertz CT molecular complexity index is 327. The highest BCUT2D eigenvalue weighted by Crippen LogP contribution is 2.23. The Balaban J connectivity index is 2.91. The number of halogens is 1. The standard InChI is InChI=1S/C13H21ClN2O/c1-10(2)16(7-8-17)13(9-15)11-3-5-12(14)6-4-11/h3-6,10,13,17H,7-9,15H2,1-2H3. The molecule has 1 atom stereocenters. The van der Waals surface area contributed by atoms with Crippen LogP contribution in [0.4, 0.5) is 0 Å². The van der Waals surface area contributed by atoms with Crippen LogP contribution in [0.1, 0.15) is 25.5 Å². The fourth-order valence-corrected chi connectivity index (χ4v) is 2.16. The molecule has 1 rings (SSSR count). The van der Waals surface area contributed by atoms with Gasteiger partial charge < -0.3 is 10.8 Å². The Hall–Kier alpha value is -0.610. The van der Waals surface area contributed by atoms with Crippen LogP contribution in [0.5, 0.6) is 0 Å². The SMILES string of the molecule is CC(C)N(CCO)C(CN)c1ccc(Cl)cc1. The predicted octanol–water partition coefficient (Wildman–Crippen LogP) is 2.04. The van der Waals surface area contributed by atoms with Crippen LogP contribution in [0.2, 0.25) is 5.02 Å². The summed E-state index contributed by atoms with van der Waals surface area (Å²) >= 11 is 5.88. The lowest BCUT2D eigenvalue weighted by molar-refractivity contribution is 0.121. The van der Waals surface area contributed by atoms with Crippen molar-refractivity contribution in [3.8, 4) is 0 Å². The molecular formula is C13H21ClN2O.